The summed E-state index contributed by atoms with van der Waals surface area (Å²) < 4.78 is 0. The van der Waals surface area contributed by atoms with E-state index in [4.69, 9.17) is 0 Å². The highest BCUT2D eigenvalue weighted by Crippen LogP contribution is 2.34. The van der Waals surface area contributed by atoms with Crippen molar-refractivity contribution in [3.8, 4) is 0 Å². The Hall–Kier alpha value is -2.76. The van der Waals surface area contributed by atoms with E-state index in [1.54, 1.807) is 22.4 Å². The Kier molecular flexibility index (Phi) is 7.26. The fourth-order valence-electron chi connectivity index (χ4n) is 2.72. The quantitative estimate of drug-likeness (QED) is 0.277. The summed E-state index contributed by atoms with van der Waals surface area (Å²) in [6.07, 6.45) is 21.9. The number of dihydropyridines is 1. The molecule has 2 atom stereocenters. The lowest BCUT2D eigenvalue weighted by Gasteiger charge is -2.32. The van der Waals surface area contributed by atoms with Crippen molar-refractivity contribution in [3.05, 3.63) is 48.2 Å². The van der Waals surface area contributed by atoms with E-state index < -0.39 is 0 Å². The van der Waals surface area contributed by atoms with Gasteiger partial charge in [-0.05, 0) is 31.9 Å². The van der Waals surface area contributed by atoms with E-state index >= 15 is 0 Å². The molecule has 0 radical (unpaired) electrons. The van der Waals surface area contributed by atoms with E-state index in [1.165, 1.54) is 11.6 Å². The van der Waals surface area contributed by atoms with E-state index in [0.717, 1.165) is 19.1 Å². The highest BCUT2D eigenvalue weighted by atomic mass is 16.1. The SMILES string of the molecule is CN(C)/N=C\CN(/C=C\C=O)/N=C/CCC1=CC2C=CC=NC2(C)C=C1. The standard InChI is InChI=1S/C20H27N5O/c1-20-10-9-18(17-19(20)8-5-11-21-20)7-4-12-23-25(14-6-16-26)15-13-22-24(2)3/h5-6,8-14,16-17,19H,4,7,15H2,1-3H3/b14-6-,22-13-,23-12+. The zero-order chi connectivity index (χ0) is 18.8. The summed E-state index contributed by atoms with van der Waals surface area (Å²) in [5.74, 6) is 0.318. The molecule has 0 fully saturated rings. The molecule has 2 unspecified atom stereocenters. The van der Waals surface area contributed by atoms with Crippen LogP contribution < -0.4 is 0 Å². The number of hydrogen-bond acceptors (Lipinski definition) is 6. The van der Waals surface area contributed by atoms with Crippen LogP contribution in [0.3, 0.4) is 0 Å². The second kappa shape index (κ2) is 9.65. The fraction of sp³-hybridized carbons (Fsp3) is 0.400. The number of carbonyl (C=O) groups excluding carboxylic acids is 1. The number of carbonyl (C=O) groups is 1. The van der Waals surface area contributed by atoms with Gasteiger partial charge in [-0.2, -0.15) is 10.2 Å². The summed E-state index contributed by atoms with van der Waals surface area (Å²) in [4.78, 5) is 15.1. The predicted octanol–water partition coefficient (Wildman–Crippen LogP) is 2.83. The highest BCUT2D eigenvalue weighted by molar-refractivity contribution is 5.74. The number of nitrogens with zero attached hydrogens (tertiary/aromatic N) is 5. The zero-order valence-corrected chi connectivity index (χ0v) is 15.7. The van der Waals surface area contributed by atoms with Crippen molar-refractivity contribution < 1.29 is 4.79 Å². The highest BCUT2D eigenvalue weighted by Gasteiger charge is 2.31. The molecular formula is C20H27N5O. The van der Waals surface area contributed by atoms with Crippen LogP contribution in [0.1, 0.15) is 19.8 Å². The van der Waals surface area contributed by atoms with Gasteiger partial charge in [-0.25, -0.2) is 0 Å². The van der Waals surface area contributed by atoms with Crippen LogP contribution in [0.25, 0.3) is 0 Å². The van der Waals surface area contributed by atoms with Gasteiger partial charge in [-0.1, -0.05) is 29.9 Å². The molecule has 0 bridgehead atoms. The maximum atomic E-state index is 10.5. The average molecular weight is 353 g/mol. The van der Waals surface area contributed by atoms with Crippen LogP contribution in [0.15, 0.2) is 63.4 Å². The molecule has 0 aromatic heterocycles. The van der Waals surface area contributed by atoms with Gasteiger partial charge < -0.3 is 5.01 Å². The Balaban J connectivity index is 1.87. The Labute approximate surface area is 155 Å². The molecule has 0 saturated carbocycles. The molecule has 0 aromatic carbocycles. The van der Waals surface area contributed by atoms with Crippen LogP contribution in [0.4, 0.5) is 0 Å². The van der Waals surface area contributed by atoms with Gasteiger partial charge in [0.05, 0.1) is 12.1 Å². The fourth-order valence-corrected chi connectivity index (χ4v) is 2.72. The van der Waals surface area contributed by atoms with Gasteiger partial charge in [-0.3, -0.25) is 14.8 Å². The van der Waals surface area contributed by atoms with Crippen molar-refractivity contribution in [3.63, 3.8) is 0 Å². The normalized spacial score (nSPS) is 24.4. The molecule has 26 heavy (non-hydrogen) atoms. The first-order chi connectivity index (χ1) is 12.5. The predicted molar refractivity (Wildman–Crippen MR) is 109 cm³/mol. The summed E-state index contributed by atoms with van der Waals surface area (Å²) in [7, 11) is 3.71. The summed E-state index contributed by atoms with van der Waals surface area (Å²) in [6.45, 7) is 2.65. The molecule has 0 aromatic rings. The third-order valence-electron chi connectivity index (χ3n) is 4.17. The first-order valence-electron chi connectivity index (χ1n) is 8.76. The number of aldehydes is 1. The first kappa shape index (κ1) is 19.6. The lowest BCUT2D eigenvalue weighted by Crippen LogP contribution is -2.31. The van der Waals surface area contributed by atoms with Crippen LogP contribution in [0.5, 0.6) is 0 Å². The second-order valence-corrected chi connectivity index (χ2v) is 6.57. The monoisotopic (exact) mass is 353 g/mol. The molecule has 0 spiro atoms. The molecule has 0 saturated heterocycles. The van der Waals surface area contributed by atoms with Crippen molar-refractivity contribution in [2.24, 2.45) is 21.1 Å². The van der Waals surface area contributed by atoms with Crippen LogP contribution in [0, 0.1) is 5.92 Å². The van der Waals surface area contributed by atoms with E-state index in [9.17, 15) is 4.79 Å². The average Bonchev–Trinajstić information content (AvgIpc) is 2.62. The summed E-state index contributed by atoms with van der Waals surface area (Å²) in [6, 6.07) is 0. The molecular weight excluding hydrogens is 326 g/mol. The van der Waals surface area contributed by atoms with Crippen LogP contribution >= 0.6 is 0 Å². The van der Waals surface area contributed by atoms with E-state index in [0.29, 0.717) is 12.5 Å². The minimum absolute atomic E-state index is 0.144. The number of fused-ring (bicyclic) bond motifs is 1. The van der Waals surface area contributed by atoms with Gasteiger partial charge >= 0.3 is 0 Å². The van der Waals surface area contributed by atoms with Crippen molar-refractivity contribution in [2.45, 2.75) is 25.3 Å². The molecule has 6 heteroatoms. The Morgan fingerprint density at radius 3 is 2.92 bits per heavy atom. The van der Waals surface area contributed by atoms with Gasteiger partial charge in [-0.15, -0.1) is 0 Å². The van der Waals surface area contributed by atoms with E-state index in [-0.39, 0.29) is 5.54 Å². The summed E-state index contributed by atoms with van der Waals surface area (Å²) in [5.41, 5.74) is 1.15. The van der Waals surface area contributed by atoms with Crippen molar-refractivity contribution in [1.82, 2.24) is 10.0 Å². The zero-order valence-electron chi connectivity index (χ0n) is 15.7. The number of hydrogen-bond donors (Lipinski definition) is 0. The smallest absolute Gasteiger partial charge is 0.144 e. The lowest BCUT2D eigenvalue weighted by molar-refractivity contribution is -0.104. The Morgan fingerprint density at radius 1 is 1.31 bits per heavy atom. The summed E-state index contributed by atoms with van der Waals surface area (Å²) >= 11 is 0. The minimum Gasteiger partial charge on any atom is -0.303 e. The van der Waals surface area contributed by atoms with Crippen LogP contribution in [-0.4, -0.2) is 61.1 Å². The molecule has 0 amide bonds. The maximum Gasteiger partial charge on any atom is 0.144 e. The van der Waals surface area contributed by atoms with Crippen molar-refractivity contribution in [1.29, 1.82) is 0 Å². The minimum atomic E-state index is -0.144. The lowest BCUT2D eigenvalue weighted by atomic mass is 9.78. The van der Waals surface area contributed by atoms with Gasteiger partial charge in [0, 0.05) is 44.9 Å². The van der Waals surface area contributed by atoms with Gasteiger partial charge in [0.15, 0.2) is 0 Å². The second-order valence-electron chi connectivity index (χ2n) is 6.57. The number of rotatable bonds is 9. The number of allylic oxidation sites excluding steroid dienone is 4. The third kappa shape index (κ3) is 5.95. The molecule has 1 aliphatic carbocycles. The van der Waals surface area contributed by atoms with Gasteiger partial charge in [0.25, 0.3) is 0 Å². The largest absolute Gasteiger partial charge is 0.303 e. The van der Waals surface area contributed by atoms with Crippen LogP contribution in [0.2, 0.25) is 0 Å². The Bertz CT molecular complexity index is 684. The molecule has 0 N–H and O–H groups in total. The van der Waals surface area contributed by atoms with Gasteiger partial charge in [0.1, 0.15) is 6.29 Å². The topological polar surface area (TPSA) is 60.6 Å². The van der Waals surface area contributed by atoms with Crippen LogP contribution in [-0.2, 0) is 4.79 Å². The molecule has 1 heterocycles. The summed E-state index contributed by atoms with van der Waals surface area (Å²) in [5, 5.41) is 12.0. The molecule has 1 aliphatic heterocycles. The maximum absolute atomic E-state index is 10.5. The molecule has 2 aliphatic rings. The molecule has 138 valence electrons. The van der Waals surface area contributed by atoms with Crippen molar-refractivity contribution in [2.75, 3.05) is 20.6 Å². The number of hydrazone groups is 2. The van der Waals surface area contributed by atoms with Crippen molar-refractivity contribution >= 4 is 24.9 Å². The molecule has 6 nitrogen and oxygen atoms in total. The number of aliphatic imine (C=N–C) groups is 1. The first-order valence-corrected chi connectivity index (χ1v) is 8.76. The molecule has 2 rings (SSSR count). The van der Waals surface area contributed by atoms with E-state index in [1.807, 2.05) is 32.6 Å². The van der Waals surface area contributed by atoms with Gasteiger partial charge in [0.2, 0.25) is 0 Å². The third-order valence-corrected chi connectivity index (χ3v) is 4.17. The van der Waals surface area contributed by atoms with E-state index in [2.05, 4.69) is 46.4 Å². The Morgan fingerprint density at radius 2 is 2.15 bits per heavy atom.